The first-order valence-electron chi connectivity index (χ1n) is 5.59. The van der Waals surface area contributed by atoms with Crippen molar-refractivity contribution < 1.29 is 5.11 Å². The van der Waals surface area contributed by atoms with Crippen molar-refractivity contribution in [2.75, 3.05) is 0 Å². The molecule has 1 heterocycles. The molecular formula is C14H16N2O. The van der Waals surface area contributed by atoms with Crippen molar-refractivity contribution in [3.8, 4) is 0 Å². The molecule has 1 atom stereocenters. The van der Waals surface area contributed by atoms with Gasteiger partial charge < -0.3 is 5.11 Å². The van der Waals surface area contributed by atoms with E-state index in [1.807, 2.05) is 43.5 Å². The van der Waals surface area contributed by atoms with Crippen molar-refractivity contribution in [1.82, 2.24) is 9.78 Å². The molecule has 0 aliphatic rings. The fourth-order valence-electron chi connectivity index (χ4n) is 1.68. The van der Waals surface area contributed by atoms with Gasteiger partial charge in [0.25, 0.3) is 0 Å². The van der Waals surface area contributed by atoms with Crippen LogP contribution in [0.5, 0.6) is 0 Å². The van der Waals surface area contributed by atoms with E-state index < -0.39 is 6.10 Å². The number of benzene rings is 1. The fourth-order valence-corrected chi connectivity index (χ4v) is 1.68. The molecule has 0 amide bonds. The summed E-state index contributed by atoms with van der Waals surface area (Å²) < 4.78 is 1.75. The van der Waals surface area contributed by atoms with E-state index in [0.717, 1.165) is 5.56 Å². The Morgan fingerprint density at radius 3 is 2.71 bits per heavy atom. The molecule has 0 saturated heterocycles. The minimum atomic E-state index is -0.665. The monoisotopic (exact) mass is 228 g/mol. The predicted molar refractivity (Wildman–Crippen MR) is 67.7 cm³/mol. The second-order valence-electron chi connectivity index (χ2n) is 4.06. The van der Waals surface area contributed by atoms with Crippen LogP contribution in [0.2, 0.25) is 0 Å². The van der Waals surface area contributed by atoms with Crippen LogP contribution in [0.1, 0.15) is 22.9 Å². The van der Waals surface area contributed by atoms with Gasteiger partial charge in [0.2, 0.25) is 0 Å². The molecule has 1 N–H and O–H groups in total. The third-order valence-corrected chi connectivity index (χ3v) is 2.65. The maximum absolute atomic E-state index is 10.2. The molecule has 0 radical (unpaired) electrons. The highest BCUT2D eigenvalue weighted by Gasteiger charge is 2.12. The van der Waals surface area contributed by atoms with Crippen molar-refractivity contribution in [2.24, 2.45) is 0 Å². The van der Waals surface area contributed by atoms with Crippen molar-refractivity contribution in [2.45, 2.75) is 19.6 Å². The molecule has 3 heteroatoms. The summed E-state index contributed by atoms with van der Waals surface area (Å²) in [5, 5.41) is 14.5. The van der Waals surface area contributed by atoms with Crippen LogP contribution in [0.15, 0.2) is 49.2 Å². The zero-order chi connectivity index (χ0) is 12.3. The molecule has 0 aliphatic carbocycles. The summed E-state index contributed by atoms with van der Waals surface area (Å²) in [4.78, 5) is 0. The summed E-state index contributed by atoms with van der Waals surface area (Å²) in [7, 11) is 0. The lowest BCUT2D eigenvalue weighted by Gasteiger charge is -2.08. The van der Waals surface area contributed by atoms with Crippen LogP contribution < -0.4 is 0 Å². The topological polar surface area (TPSA) is 38.0 Å². The number of aryl methyl sites for hydroxylation is 1. The quantitative estimate of drug-likeness (QED) is 0.816. The highest BCUT2D eigenvalue weighted by atomic mass is 16.3. The lowest BCUT2D eigenvalue weighted by Crippen LogP contribution is -2.03. The molecule has 1 aromatic heterocycles. The number of hydrogen-bond acceptors (Lipinski definition) is 2. The SMILES string of the molecule is C=CCn1ccc(C(O)c2ccc(C)cc2)n1. The smallest absolute Gasteiger partial charge is 0.123 e. The summed E-state index contributed by atoms with van der Waals surface area (Å²) in [6, 6.07) is 9.64. The van der Waals surface area contributed by atoms with Crippen LogP contribution in [0, 0.1) is 6.92 Å². The minimum absolute atomic E-state index is 0.653. The Labute approximate surface area is 101 Å². The summed E-state index contributed by atoms with van der Waals surface area (Å²) in [5.41, 5.74) is 2.70. The van der Waals surface area contributed by atoms with Gasteiger partial charge in [-0.2, -0.15) is 5.10 Å². The van der Waals surface area contributed by atoms with E-state index in [9.17, 15) is 5.11 Å². The van der Waals surface area contributed by atoms with Gasteiger partial charge in [-0.1, -0.05) is 35.9 Å². The number of aliphatic hydroxyl groups is 1. The van der Waals surface area contributed by atoms with Crippen molar-refractivity contribution in [1.29, 1.82) is 0 Å². The van der Waals surface area contributed by atoms with Crippen molar-refractivity contribution in [3.05, 3.63) is 66.0 Å². The van der Waals surface area contributed by atoms with Gasteiger partial charge in [0.15, 0.2) is 0 Å². The molecule has 1 unspecified atom stereocenters. The van der Waals surface area contributed by atoms with Gasteiger partial charge in [0.05, 0.1) is 12.2 Å². The van der Waals surface area contributed by atoms with E-state index in [2.05, 4.69) is 11.7 Å². The first kappa shape index (κ1) is 11.6. The lowest BCUT2D eigenvalue weighted by atomic mass is 10.1. The number of hydrogen-bond donors (Lipinski definition) is 1. The third kappa shape index (κ3) is 2.63. The summed E-state index contributed by atoms with van der Waals surface area (Å²) in [5.74, 6) is 0. The van der Waals surface area contributed by atoms with E-state index in [-0.39, 0.29) is 0 Å². The molecule has 17 heavy (non-hydrogen) atoms. The molecule has 3 nitrogen and oxygen atoms in total. The summed E-state index contributed by atoms with van der Waals surface area (Å²) in [6.07, 6.45) is 2.95. The Bertz CT molecular complexity index is 499. The Hall–Kier alpha value is -1.87. The second-order valence-corrected chi connectivity index (χ2v) is 4.06. The van der Waals surface area contributed by atoms with Gasteiger partial charge in [-0.25, -0.2) is 0 Å². The van der Waals surface area contributed by atoms with Gasteiger partial charge >= 0.3 is 0 Å². The Balaban J connectivity index is 2.20. The van der Waals surface area contributed by atoms with Crippen LogP contribution in [-0.4, -0.2) is 14.9 Å². The minimum Gasteiger partial charge on any atom is -0.382 e. The van der Waals surface area contributed by atoms with Crippen molar-refractivity contribution >= 4 is 0 Å². The predicted octanol–water partition coefficient (Wildman–Crippen LogP) is 2.46. The second kappa shape index (κ2) is 4.97. The van der Waals surface area contributed by atoms with Crippen LogP contribution >= 0.6 is 0 Å². The van der Waals surface area contributed by atoms with E-state index >= 15 is 0 Å². The Morgan fingerprint density at radius 2 is 2.06 bits per heavy atom. The molecular weight excluding hydrogens is 212 g/mol. The first-order chi connectivity index (χ1) is 8.20. The fraction of sp³-hybridized carbons (Fsp3) is 0.214. The molecule has 0 aliphatic heterocycles. The molecule has 1 aromatic carbocycles. The normalized spacial score (nSPS) is 12.4. The molecule has 2 aromatic rings. The molecule has 0 fully saturated rings. The zero-order valence-corrected chi connectivity index (χ0v) is 9.87. The average Bonchev–Trinajstić information content (AvgIpc) is 2.78. The van der Waals surface area contributed by atoms with E-state index in [1.165, 1.54) is 5.56 Å². The molecule has 0 bridgehead atoms. The highest BCUT2D eigenvalue weighted by molar-refractivity contribution is 5.27. The molecule has 0 saturated carbocycles. The third-order valence-electron chi connectivity index (χ3n) is 2.65. The maximum Gasteiger partial charge on any atom is 0.123 e. The number of nitrogens with zero attached hydrogens (tertiary/aromatic N) is 2. The number of rotatable bonds is 4. The number of aromatic nitrogens is 2. The first-order valence-corrected chi connectivity index (χ1v) is 5.59. The van der Waals surface area contributed by atoms with Gasteiger partial charge in [-0.05, 0) is 18.6 Å². The summed E-state index contributed by atoms with van der Waals surface area (Å²) >= 11 is 0. The van der Waals surface area contributed by atoms with Crippen LogP contribution in [0.25, 0.3) is 0 Å². The molecule has 88 valence electrons. The summed E-state index contributed by atoms with van der Waals surface area (Å²) in [6.45, 7) is 6.33. The maximum atomic E-state index is 10.2. The largest absolute Gasteiger partial charge is 0.382 e. The van der Waals surface area contributed by atoms with Gasteiger partial charge in [-0.3, -0.25) is 4.68 Å². The highest BCUT2D eigenvalue weighted by Crippen LogP contribution is 2.20. The van der Waals surface area contributed by atoms with Crippen LogP contribution in [0.3, 0.4) is 0 Å². The molecule has 2 rings (SSSR count). The van der Waals surface area contributed by atoms with Gasteiger partial charge in [0, 0.05) is 6.20 Å². The van der Waals surface area contributed by atoms with Gasteiger partial charge in [-0.15, -0.1) is 6.58 Å². The van der Waals surface area contributed by atoms with Crippen LogP contribution in [0.4, 0.5) is 0 Å². The molecule has 0 spiro atoms. The van der Waals surface area contributed by atoms with Gasteiger partial charge in [0.1, 0.15) is 6.10 Å². The average molecular weight is 228 g/mol. The lowest BCUT2D eigenvalue weighted by molar-refractivity contribution is 0.214. The van der Waals surface area contributed by atoms with E-state index in [1.54, 1.807) is 10.8 Å². The number of aliphatic hydroxyl groups excluding tert-OH is 1. The van der Waals surface area contributed by atoms with E-state index in [4.69, 9.17) is 0 Å². The number of allylic oxidation sites excluding steroid dienone is 1. The Morgan fingerprint density at radius 1 is 1.35 bits per heavy atom. The standard InChI is InChI=1S/C14H16N2O/c1-3-9-16-10-8-13(15-16)14(17)12-6-4-11(2)5-7-12/h3-8,10,14,17H,1,9H2,2H3. The van der Waals surface area contributed by atoms with E-state index in [0.29, 0.717) is 12.2 Å². The Kier molecular flexibility index (Phi) is 3.40. The van der Waals surface area contributed by atoms with Crippen LogP contribution in [-0.2, 0) is 6.54 Å². The zero-order valence-electron chi connectivity index (χ0n) is 9.87. The van der Waals surface area contributed by atoms with Crippen molar-refractivity contribution in [3.63, 3.8) is 0 Å².